The van der Waals surface area contributed by atoms with Gasteiger partial charge in [-0.05, 0) is 45.2 Å². The van der Waals surface area contributed by atoms with Crippen molar-refractivity contribution >= 4 is 34.9 Å². The van der Waals surface area contributed by atoms with Crippen molar-refractivity contribution in [1.82, 2.24) is 9.80 Å². The van der Waals surface area contributed by atoms with Crippen molar-refractivity contribution in [3.63, 3.8) is 0 Å². The number of nitrogens with zero attached hydrogens (tertiary/aromatic N) is 2. The highest BCUT2D eigenvalue weighted by Crippen LogP contribution is 2.34. The first-order valence-electron chi connectivity index (χ1n) is 6.69. The maximum atomic E-state index is 11.5. The van der Waals surface area contributed by atoms with Gasteiger partial charge in [0.15, 0.2) is 0 Å². The lowest BCUT2D eigenvalue weighted by Crippen LogP contribution is -2.49. The molecular formula is C13H25N3OS2. The molecule has 0 spiro atoms. The number of likely N-dealkylation sites (tertiary alicyclic amines) is 1. The van der Waals surface area contributed by atoms with Crippen molar-refractivity contribution in [2.24, 2.45) is 5.73 Å². The molecule has 110 valence electrons. The van der Waals surface area contributed by atoms with Gasteiger partial charge in [-0.2, -0.15) is 11.8 Å². The summed E-state index contributed by atoms with van der Waals surface area (Å²) in [7, 11) is 3.61. The van der Waals surface area contributed by atoms with Gasteiger partial charge in [0.05, 0.1) is 9.74 Å². The van der Waals surface area contributed by atoms with Crippen LogP contribution in [0.25, 0.3) is 0 Å². The minimum atomic E-state index is -0.00864. The Kier molecular flexibility index (Phi) is 6.56. The van der Waals surface area contributed by atoms with Crippen LogP contribution in [0.3, 0.4) is 0 Å². The molecule has 0 bridgehead atoms. The Labute approximate surface area is 126 Å². The predicted octanol–water partition coefficient (Wildman–Crippen LogP) is 1.34. The lowest BCUT2D eigenvalue weighted by molar-refractivity contribution is -0.128. The Morgan fingerprint density at radius 1 is 1.42 bits per heavy atom. The third kappa shape index (κ3) is 4.61. The van der Waals surface area contributed by atoms with Crippen LogP contribution in [0.2, 0.25) is 0 Å². The molecule has 1 heterocycles. The van der Waals surface area contributed by atoms with E-state index in [9.17, 15) is 4.79 Å². The van der Waals surface area contributed by atoms with Crippen LogP contribution in [0.4, 0.5) is 0 Å². The van der Waals surface area contributed by atoms with E-state index in [1.165, 1.54) is 0 Å². The zero-order valence-electron chi connectivity index (χ0n) is 12.1. The summed E-state index contributed by atoms with van der Waals surface area (Å²) in [4.78, 5) is 16.2. The molecule has 0 atom stereocenters. The zero-order chi connectivity index (χ0) is 14.5. The van der Waals surface area contributed by atoms with E-state index in [0.29, 0.717) is 11.4 Å². The Morgan fingerprint density at radius 3 is 2.42 bits per heavy atom. The maximum absolute atomic E-state index is 11.5. The third-order valence-electron chi connectivity index (χ3n) is 3.87. The number of thiocarbonyl (C=S) groups is 1. The minimum Gasteiger partial charge on any atom is -0.392 e. The molecule has 2 N–H and O–H groups in total. The molecular weight excluding hydrogens is 278 g/mol. The molecule has 0 radical (unpaired) electrons. The first-order chi connectivity index (χ1) is 8.91. The molecule has 1 saturated heterocycles. The number of piperidine rings is 1. The van der Waals surface area contributed by atoms with E-state index < -0.39 is 0 Å². The molecule has 1 rings (SSSR count). The van der Waals surface area contributed by atoms with E-state index >= 15 is 0 Å². The van der Waals surface area contributed by atoms with Gasteiger partial charge in [0.1, 0.15) is 0 Å². The van der Waals surface area contributed by atoms with Gasteiger partial charge in [0, 0.05) is 20.5 Å². The van der Waals surface area contributed by atoms with E-state index in [1.54, 1.807) is 30.8 Å². The zero-order valence-corrected chi connectivity index (χ0v) is 13.8. The quantitative estimate of drug-likeness (QED) is 0.751. The number of carbonyl (C=O) groups excluding carboxylic acids is 1. The van der Waals surface area contributed by atoms with Gasteiger partial charge in [-0.25, -0.2) is 0 Å². The number of carbonyl (C=O) groups is 1. The van der Waals surface area contributed by atoms with Crippen LogP contribution in [0.15, 0.2) is 0 Å². The standard InChI is InChI=1S/C13H25N3OS2/c1-15(2)11(17)5-4-8-16-9-6-13(19-3,7-10-16)12(14)18/h4-10H2,1-3H3,(H2,14,18). The summed E-state index contributed by atoms with van der Waals surface area (Å²) in [6.45, 7) is 3.03. The van der Waals surface area contributed by atoms with Gasteiger partial charge in [-0.15, -0.1) is 0 Å². The Balaban J connectivity index is 2.31. The predicted molar refractivity (Wildman–Crippen MR) is 86.6 cm³/mol. The average molecular weight is 303 g/mol. The molecule has 0 aliphatic carbocycles. The summed E-state index contributed by atoms with van der Waals surface area (Å²) >= 11 is 6.99. The first-order valence-corrected chi connectivity index (χ1v) is 8.32. The molecule has 1 aliphatic rings. The average Bonchev–Trinajstić information content (AvgIpc) is 2.39. The monoisotopic (exact) mass is 303 g/mol. The SMILES string of the molecule is CSC1(C(N)=S)CCN(CCCC(=O)N(C)C)CC1. The second kappa shape index (κ2) is 7.45. The first kappa shape index (κ1) is 16.7. The van der Waals surface area contributed by atoms with E-state index in [4.69, 9.17) is 18.0 Å². The van der Waals surface area contributed by atoms with E-state index in [1.807, 2.05) is 0 Å². The van der Waals surface area contributed by atoms with Gasteiger partial charge < -0.3 is 15.5 Å². The van der Waals surface area contributed by atoms with Crippen molar-refractivity contribution < 1.29 is 4.79 Å². The minimum absolute atomic E-state index is 0.00864. The molecule has 0 saturated carbocycles. The van der Waals surface area contributed by atoms with Crippen LogP contribution < -0.4 is 5.73 Å². The fourth-order valence-electron chi connectivity index (χ4n) is 2.37. The summed E-state index contributed by atoms with van der Waals surface area (Å²) in [6.07, 6.45) is 5.68. The van der Waals surface area contributed by atoms with Crippen LogP contribution in [-0.4, -0.2) is 65.4 Å². The third-order valence-corrected chi connectivity index (χ3v) is 5.80. The Bertz CT molecular complexity index is 326. The second-order valence-electron chi connectivity index (χ2n) is 5.30. The van der Waals surface area contributed by atoms with Gasteiger partial charge in [-0.1, -0.05) is 12.2 Å². The molecule has 1 amide bonds. The van der Waals surface area contributed by atoms with Crippen LogP contribution >= 0.6 is 24.0 Å². The fourth-order valence-corrected chi connectivity index (χ4v) is 3.61. The molecule has 0 aromatic carbocycles. The lowest BCUT2D eigenvalue weighted by atomic mass is 9.95. The Morgan fingerprint density at radius 2 is 2.00 bits per heavy atom. The fraction of sp³-hybridized carbons (Fsp3) is 0.846. The summed E-state index contributed by atoms with van der Waals surface area (Å²) < 4.78 is -0.00864. The van der Waals surface area contributed by atoms with Gasteiger partial charge in [0.2, 0.25) is 5.91 Å². The highest BCUT2D eigenvalue weighted by Gasteiger charge is 2.36. The number of thioether (sulfide) groups is 1. The normalized spacial score (nSPS) is 19.1. The number of hydrogen-bond donors (Lipinski definition) is 1. The van der Waals surface area contributed by atoms with Crippen LogP contribution in [-0.2, 0) is 4.79 Å². The molecule has 0 unspecified atom stereocenters. The summed E-state index contributed by atoms with van der Waals surface area (Å²) in [5.74, 6) is 0.207. The topological polar surface area (TPSA) is 49.6 Å². The number of rotatable bonds is 6. The van der Waals surface area contributed by atoms with Crippen LogP contribution in [0.5, 0.6) is 0 Å². The van der Waals surface area contributed by atoms with Crippen molar-refractivity contribution in [1.29, 1.82) is 0 Å². The van der Waals surface area contributed by atoms with Crippen molar-refractivity contribution in [3.8, 4) is 0 Å². The summed E-state index contributed by atoms with van der Waals surface area (Å²) in [6, 6.07) is 0. The lowest BCUT2D eigenvalue weighted by Gasteiger charge is -2.40. The number of hydrogen-bond acceptors (Lipinski definition) is 4. The molecule has 4 nitrogen and oxygen atoms in total. The van der Waals surface area contributed by atoms with Crippen molar-refractivity contribution in [2.45, 2.75) is 30.4 Å². The Hall–Kier alpha value is -0.330. The van der Waals surface area contributed by atoms with E-state index in [0.717, 1.165) is 38.9 Å². The largest absolute Gasteiger partial charge is 0.392 e. The van der Waals surface area contributed by atoms with Crippen LogP contribution in [0, 0.1) is 0 Å². The maximum Gasteiger partial charge on any atom is 0.222 e. The van der Waals surface area contributed by atoms with Crippen molar-refractivity contribution in [3.05, 3.63) is 0 Å². The van der Waals surface area contributed by atoms with Crippen molar-refractivity contribution in [2.75, 3.05) is 40.0 Å². The smallest absolute Gasteiger partial charge is 0.222 e. The molecule has 1 aliphatic heterocycles. The van der Waals surface area contributed by atoms with Crippen LogP contribution in [0.1, 0.15) is 25.7 Å². The molecule has 1 fully saturated rings. The van der Waals surface area contributed by atoms with E-state index in [2.05, 4.69) is 11.2 Å². The number of nitrogens with two attached hydrogens (primary N) is 1. The van der Waals surface area contributed by atoms with Gasteiger partial charge >= 0.3 is 0 Å². The number of amides is 1. The van der Waals surface area contributed by atoms with Gasteiger partial charge in [0.25, 0.3) is 0 Å². The second-order valence-corrected chi connectivity index (χ2v) is 6.93. The highest BCUT2D eigenvalue weighted by molar-refractivity contribution is 8.02. The molecule has 19 heavy (non-hydrogen) atoms. The molecule has 6 heteroatoms. The molecule has 0 aromatic rings. The van der Waals surface area contributed by atoms with Gasteiger partial charge in [-0.3, -0.25) is 4.79 Å². The highest BCUT2D eigenvalue weighted by atomic mass is 32.2. The summed E-state index contributed by atoms with van der Waals surface area (Å²) in [5.41, 5.74) is 5.87. The summed E-state index contributed by atoms with van der Waals surface area (Å²) in [5, 5.41) is 0. The molecule has 0 aromatic heterocycles. The van der Waals surface area contributed by atoms with E-state index in [-0.39, 0.29) is 10.7 Å².